The number of benzene rings is 3. The summed E-state index contributed by atoms with van der Waals surface area (Å²) in [4.78, 5) is 12.6. The van der Waals surface area contributed by atoms with E-state index in [-0.39, 0.29) is 28.0 Å². The number of sulfonamides is 1. The summed E-state index contributed by atoms with van der Waals surface area (Å²) in [6.45, 7) is -0.696. The average Bonchev–Trinajstić information content (AvgIpc) is 2.82. The molecule has 0 aliphatic heterocycles. The Hall–Kier alpha value is -3.11. The van der Waals surface area contributed by atoms with Crippen LogP contribution in [0, 0.1) is 0 Å². The second kappa shape index (κ2) is 11.3. The molecule has 2 N–H and O–H groups in total. The normalized spacial score (nSPS) is 11.6. The lowest BCUT2D eigenvalue weighted by molar-refractivity contribution is -0.121. The molecule has 1 amide bonds. The van der Waals surface area contributed by atoms with E-state index in [0.29, 0.717) is 16.1 Å². The second-order valence-electron chi connectivity index (χ2n) is 7.01. The summed E-state index contributed by atoms with van der Waals surface area (Å²) in [7, 11) is -2.63. The summed E-state index contributed by atoms with van der Waals surface area (Å²) in [6.07, 6.45) is 1.22. The molecule has 0 saturated carbocycles. The van der Waals surface area contributed by atoms with Crippen molar-refractivity contribution in [2.75, 3.05) is 13.7 Å². The number of amides is 1. The molecule has 3 rings (SSSR count). The zero-order valence-electron chi connectivity index (χ0n) is 18.0. The average molecular weight is 522 g/mol. The fourth-order valence-electron chi connectivity index (χ4n) is 2.98. The molecule has 178 valence electrons. The number of hydrazone groups is 1. The number of nitrogens with zero attached hydrogens (tertiary/aromatic N) is 2. The molecule has 8 nitrogen and oxygen atoms in total. The molecule has 3 aromatic rings. The standard InChI is InChI=1S/C23H21Cl2N3O5S/c1-33-21-9-5-6-16(23(21)30)13-26-27-22(29)15-28(14-17-10-11-18(24)12-20(17)25)34(31,32)19-7-3-2-4-8-19/h2-13,30H,14-15H2,1H3,(H,27,29)/b26-13-. The SMILES string of the molecule is COc1cccc(/C=N\NC(=O)CN(Cc2ccc(Cl)cc2Cl)S(=O)(=O)c2ccccc2)c1O. The first-order valence-corrected chi connectivity index (χ1v) is 12.1. The van der Waals surface area contributed by atoms with Crippen molar-refractivity contribution in [1.82, 2.24) is 9.73 Å². The van der Waals surface area contributed by atoms with E-state index in [1.165, 1.54) is 31.5 Å². The van der Waals surface area contributed by atoms with Gasteiger partial charge in [-0.2, -0.15) is 9.41 Å². The van der Waals surface area contributed by atoms with Gasteiger partial charge in [0, 0.05) is 22.2 Å². The lowest BCUT2D eigenvalue weighted by Gasteiger charge is -2.22. The van der Waals surface area contributed by atoms with E-state index in [0.717, 1.165) is 4.31 Å². The third-order valence-corrected chi connectivity index (χ3v) is 7.10. The van der Waals surface area contributed by atoms with Gasteiger partial charge < -0.3 is 9.84 Å². The monoisotopic (exact) mass is 521 g/mol. The number of nitrogens with one attached hydrogen (secondary N) is 1. The molecule has 0 unspecified atom stereocenters. The number of phenolic OH excluding ortho intramolecular Hbond substituents is 1. The van der Waals surface area contributed by atoms with E-state index in [4.69, 9.17) is 27.9 Å². The van der Waals surface area contributed by atoms with E-state index in [9.17, 15) is 18.3 Å². The van der Waals surface area contributed by atoms with Crippen LogP contribution >= 0.6 is 23.2 Å². The molecule has 0 spiro atoms. The maximum absolute atomic E-state index is 13.3. The van der Waals surface area contributed by atoms with Gasteiger partial charge in [-0.1, -0.05) is 53.5 Å². The molecule has 0 radical (unpaired) electrons. The Labute approximate surface area is 207 Å². The Morgan fingerprint density at radius 1 is 1.12 bits per heavy atom. The minimum atomic E-state index is -4.04. The van der Waals surface area contributed by atoms with Crippen LogP contribution < -0.4 is 10.2 Å². The van der Waals surface area contributed by atoms with Crippen LogP contribution in [-0.4, -0.2) is 43.6 Å². The highest BCUT2D eigenvalue weighted by molar-refractivity contribution is 7.89. The van der Waals surface area contributed by atoms with Crippen LogP contribution in [0.4, 0.5) is 0 Å². The Balaban J connectivity index is 1.81. The summed E-state index contributed by atoms with van der Waals surface area (Å²) >= 11 is 12.2. The predicted octanol–water partition coefficient (Wildman–Crippen LogP) is 4.05. The fourth-order valence-corrected chi connectivity index (χ4v) is 4.85. The molecule has 0 atom stereocenters. The molecular weight excluding hydrogens is 501 g/mol. The summed E-state index contributed by atoms with van der Waals surface area (Å²) < 4.78 is 32.5. The van der Waals surface area contributed by atoms with Gasteiger partial charge in [0.15, 0.2) is 11.5 Å². The zero-order valence-corrected chi connectivity index (χ0v) is 20.3. The quantitative estimate of drug-likeness (QED) is 0.326. The molecule has 3 aromatic carbocycles. The minimum Gasteiger partial charge on any atom is -0.504 e. The summed E-state index contributed by atoms with van der Waals surface area (Å²) in [5, 5.41) is 14.6. The number of rotatable bonds is 9. The minimum absolute atomic E-state index is 0.0256. The maximum Gasteiger partial charge on any atom is 0.255 e. The van der Waals surface area contributed by atoms with E-state index in [1.807, 2.05) is 0 Å². The Kier molecular flexibility index (Phi) is 8.51. The van der Waals surface area contributed by atoms with Gasteiger partial charge in [0.25, 0.3) is 5.91 Å². The predicted molar refractivity (Wildman–Crippen MR) is 131 cm³/mol. The maximum atomic E-state index is 13.3. The van der Waals surface area contributed by atoms with Gasteiger partial charge in [0.2, 0.25) is 10.0 Å². The van der Waals surface area contributed by atoms with Crippen LogP contribution in [-0.2, 0) is 21.4 Å². The number of aromatic hydroxyl groups is 1. The van der Waals surface area contributed by atoms with Crippen LogP contribution in [0.3, 0.4) is 0 Å². The summed E-state index contributed by atoms with van der Waals surface area (Å²) in [5.74, 6) is -0.591. The van der Waals surface area contributed by atoms with Crippen LogP contribution in [0.15, 0.2) is 76.7 Å². The first kappa shape index (κ1) is 25.5. The van der Waals surface area contributed by atoms with E-state index in [1.54, 1.807) is 48.5 Å². The van der Waals surface area contributed by atoms with Gasteiger partial charge in [-0.25, -0.2) is 13.8 Å². The first-order chi connectivity index (χ1) is 16.2. The van der Waals surface area contributed by atoms with Gasteiger partial charge in [0.05, 0.1) is 24.8 Å². The van der Waals surface area contributed by atoms with Gasteiger partial charge in [-0.3, -0.25) is 4.79 Å². The lowest BCUT2D eigenvalue weighted by Crippen LogP contribution is -2.39. The van der Waals surface area contributed by atoms with Crippen molar-refractivity contribution in [3.05, 3.63) is 87.9 Å². The third kappa shape index (κ3) is 6.27. The number of hydrogen-bond donors (Lipinski definition) is 2. The van der Waals surface area contributed by atoms with Crippen molar-refractivity contribution >= 4 is 45.3 Å². The van der Waals surface area contributed by atoms with E-state index >= 15 is 0 Å². The van der Waals surface area contributed by atoms with Gasteiger partial charge >= 0.3 is 0 Å². The topological polar surface area (TPSA) is 108 Å². The van der Waals surface area contributed by atoms with Crippen LogP contribution in [0.2, 0.25) is 10.0 Å². The molecule has 11 heteroatoms. The highest BCUT2D eigenvalue weighted by Crippen LogP contribution is 2.28. The molecule has 0 heterocycles. The molecule has 0 aliphatic carbocycles. The number of para-hydroxylation sites is 1. The van der Waals surface area contributed by atoms with Crippen LogP contribution in [0.5, 0.6) is 11.5 Å². The van der Waals surface area contributed by atoms with Crippen molar-refractivity contribution < 1.29 is 23.1 Å². The second-order valence-corrected chi connectivity index (χ2v) is 9.79. The van der Waals surface area contributed by atoms with Crippen molar-refractivity contribution in [2.24, 2.45) is 5.10 Å². The Bertz CT molecular complexity index is 1300. The first-order valence-electron chi connectivity index (χ1n) is 9.89. The van der Waals surface area contributed by atoms with Gasteiger partial charge in [-0.05, 0) is 42.0 Å². The Morgan fingerprint density at radius 2 is 1.85 bits per heavy atom. The van der Waals surface area contributed by atoms with E-state index in [2.05, 4.69) is 10.5 Å². The van der Waals surface area contributed by atoms with Crippen LogP contribution in [0.1, 0.15) is 11.1 Å². The number of methoxy groups -OCH3 is 1. The van der Waals surface area contributed by atoms with Crippen molar-refractivity contribution in [3.8, 4) is 11.5 Å². The molecule has 0 bridgehead atoms. The van der Waals surface area contributed by atoms with Crippen molar-refractivity contribution in [1.29, 1.82) is 0 Å². The van der Waals surface area contributed by atoms with E-state index < -0.39 is 22.5 Å². The van der Waals surface area contributed by atoms with Crippen molar-refractivity contribution in [2.45, 2.75) is 11.4 Å². The summed E-state index contributed by atoms with van der Waals surface area (Å²) in [5.41, 5.74) is 3.06. The number of halogens is 2. The zero-order chi connectivity index (χ0) is 24.7. The molecular formula is C23H21Cl2N3O5S. The smallest absolute Gasteiger partial charge is 0.255 e. The molecule has 0 aromatic heterocycles. The number of ether oxygens (including phenoxy) is 1. The van der Waals surface area contributed by atoms with Crippen LogP contribution in [0.25, 0.3) is 0 Å². The Morgan fingerprint density at radius 3 is 2.53 bits per heavy atom. The summed E-state index contributed by atoms with van der Waals surface area (Å²) in [6, 6.07) is 17.2. The largest absolute Gasteiger partial charge is 0.504 e. The molecule has 34 heavy (non-hydrogen) atoms. The van der Waals surface area contributed by atoms with Gasteiger partial charge in [-0.15, -0.1) is 0 Å². The molecule has 0 saturated heterocycles. The number of phenols is 1. The number of carbonyl (C=O) groups excluding carboxylic acids is 1. The molecule has 0 aliphatic rings. The van der Waals surface area contributed by atoms with Gasteiger partial charge in [0.1, 0.15) is 0 Å². The number of hydrogen-bond acceptors (Lipinski definition) is 6. The highest BCUT2D eigenvalue weighted by Gasteiger charge is 2.27. The molecule has 0 fully saturated rings. The highest BCUT2D eigenvalue weighted by atomic mass is 35.5. The third-order valence-electron chi connectivity index (χ3n) is 4.71. The fraction of sp³-hybridized carbons (Fsp3) is 0.130. The lowest BCUT2D eigenvalue weighted by atomic mass is 10.2. The number of carbonyl (C=O) groups is 1. The van der Waals surface area contributed by atoms with Crippen molar-refractivity contribution in [3.63, 3.8) is 0 Å².